The lowest BCUT2D eigenvalue weighted by atomic mass is 10.0. The third kappa shape index (κ3) is 6.70. The minimum atomic E-state index is -1.68. The average Bonchev–Trinajstić information content (AvgIpc) is 3.19. The smallest absolute Gasteiger partial charge is 0.330 e. The van der Waals surface area contributed by atoms with Crippen molar-refractivity contribution in [2.45, 2.75) is 37.0 Å². The van der Waals surface area contributed by atoms with Gasteiger partial charge >= 0.3 is 5.69 Å². The summed E-state index contributed by atoms with van der Waals surface area (Å²) in [5.74, 6) is -1.23. The second kappa shape index (κ2) is 12.3. The van der Waals surface area contributed by atoms with E-state index < -0.39 is 53.6 Å². The molecule has 200 valence electrons. The largest absolute Gasteiger partial charge is 0.387 e. The number of morpholine rings is 1. The molecule has 1 aromatic carbocycles. The molecule has 4 rings (SSSR count). The van der Waals surface area contributed by atoms with Gasteiger partial charge in [-0.25, -0.2) is 4.79 Å². The van der Waals surface area contributed by atoms with Crippen LogP contribution in [0.5, 0.6) is 0 Å². The van der Waals surface area contributed by atoms with Crippen molar-refractivity contribution in [1.82, 2.24) is 25.1 Å². The van der Waals surface area contributed by atoms with Crippen LogP contribution in [-0.4, -0.2) is 100 Å². The Labute approximate surface area is 212 Å². The van der Waals surface area contributed by atoms with E-state index in [1.54, 1.807) is 0 Å². The number of hydrogen-bond acceptors (Lipinski definition) is 9. The summed E-state index contributed by atoms with van der Waals surface area (Å²) >= 11 is 0. The third-order valence-corrected chi connectivity index (χ3v) is 6.37. The van der Waals surface area contributed by atoms with Crippen LogP contribution in [0.15, 0.2) is 52.2 Å². The molecule has 0 bridgehead atoms. The van der Waals surface area contributed by atoms with Gasteiger partial charge in [0.15, 0.2) is 12.3 Å². The minimum absolute atomic E-state index is 0.185. The molecule has 13 heteroatoms. The highest BCUT2D eigenvalue weighted by molar-refractivity contribution is 5.90. The number of ether oxygens (including phenoxy) is 2. The number of aromatic nitrogens is 2. The van der Waals surface area contributed by atoms with E-state index in [1.165, 1.54) is 0 Å². The maximum Gasteiger partial charge on any atom is 0.330 e. The molecule has 0 saturated carbocycles. The molecule has 2 aliphatic rings. The Hall–Kier alpha value is -3.36. The minimum Gasteiger partial charge on any atom is -0.387 e. The van der Waals surface area contributed by atoms with Crippen molar-refractivity contribution in [3.8, 4) is 0 Å². The molecule has 37 heavy (non-hydrogen) atoms. The highest BCUT2D eigenvalue weighted by Crippen LogP contribution is 2.28. The Morgan fingerprint density at radius 2 is 1.81 bits per heavy atom. The van der Waals surface area contributed by atoms with Gasteiger partial charge in [0.2, 0.25) is 5.91 Å². The first-order valence-electron chi connectivity index (χ1n) is 12.1. The van der Waals surface area contributed by atoms with Crippen molar-refractivity contribution in [1.29, 1.82) is 0 Å². The predicted octanol–water partition coefficient (Wildman–Crippen LogP) is -2.67. The molecule has 0 aliphatic carbocycles. The molecule has 3 heterocycles. The van der Waals surface area contributed by atoms with Gasteiger partial charge in [-0.15, -0.1) is 0 Å². The van der Waals surface area contributed by atoms with Gasteiger partial charge in [-0.2, -0.15) is 0 Å². The number of rotatable bonds is 9. The van der Waals surface area contributed by atoms with Crippen LogP contribution in [0.25, 0.3) is 0 Å². The molecule has 5 N–H and O–H groups in total. The Morgan fingerprint density at radius 1 is 1.08 bits per heavy atom. The zero-order valence-electron chi connectivity index (χ0n) is 20.1. The summed E-state index contributed by atoms with van der Waals surface area (Å²) in [6.07, 6.45) is -4.99. The van der Waals surface area contributed by atoms with Crippen LogP contribution in [0.1, 0.15) is 11.8 Å². The van der Waals surface area contributed by atoms with Gasteiger partial charge in [0.1, 0.15) is 18.2 Å². The molecule has 2 saturated heterocycles. The van der Waals surface area contributed by atoms with Crippen LogP contribution in [0, 0.1) is 0 Å². The van der Waals surface area contributed by atoms with Crippen LogP contribution >= 0.6 is 0 Å². The summed E-state index contributed by atoms with van der Waals surface area (Å²) in [7, 11) is 0. The highest BCUT2D eigenvalue weighted by atomic mass is 16.6. The van der Waals surface area contributed by atoms with Crippen LogP contribution < -0.4 is 21.9 Å². The second-order valence-electron chi connectivity index (χ2n) is 8.94. The zero-order chi connectivity index (χ0) is 26.4. The molecule has 2 fully saturated rings. The Kier molecular flexibility index (Phi) is 8.84. The van der Waals surface area contributed by atoms with E-state index in [2.05, 4.69) is 15.5 Å². The fourth-order valence-corrected chi connectivity index (χ4v) is 4.33. The lowest BCUT2D eigenvalue weighted by Gasteiger charge is -2.27. The van der Waals surface area contributed by atoms with Crippen molar-refractivity contribution in [3.63, 3.8) is 0 Å². The summed E-state index contributed by atoms with van der Waals surface area (Å²) in [5.41, 5.74) is -0.708. The third-order valence-electron chi connectivity index (χ3n) is 6.37. The Morgan fingerprint density at radius 3 is 2.51 bits per heavy atom. The molecule has 2 aromatic rings. The number of carbonyl (C=O) groups excluding carboxylic acids is 2. The fourth-order valence-electron chi connectivity index (χ4n) is 4.33. The number of hydrogen-bond donors (Lipinski definition) is 5. The maximum absolute atomic E-state index is 13.1. The van der Waals surface area contributed by atoms with Crippen LogP contribution in [-0.2, 0) is 25.5 Å². The number of aromatic amines is 1. The SMILES string of the molecule is O=C(N[C@H](Cc1ccccc1)C(=O)NCCN1CCOCC1)[C@H]1O[C@@H](n2ccc(=O)[nH]c2=O)[C@H](O)[C@@H]1O. The number of H-pyrrole nitrogens is 1. The monoisotopic (exact) mass is 517 g/mol. The van der Waals surface area contributed by atoms with Crippen LogP contribution in [0.2, 0.25) is 0 Å². The zero-order valence-corrected chi connectivity index (χ0v) is 20.1. The molecule has 0 spiro atoms. The van der Waals surface area contributed by atoms with E-state index in [-0.39, 0.29) is 6.42 Å². The quantitative estimate of drug-likeness (QED) is 0.238. The molecule has 0 unspecified atom stereocenters. The number of amides is 2. The van der Waals surface area contributed by atoms with Crippen molar-refractivity contribution < 1.29 is 29.3 Å². The number of benzene rings is 1. The fraction of sp³-hybridized carbons (Fsp3) is 0.500. The standard InChI is InChI=1S/C24H31N5O8/c30-17-6-8-29(24(35)27-17)23-19(32)18(31)20(37-23)22(34)26-16(14-15-4-2-1-3-5-15)21(33)25-7-9-28-10-12-36-13-11-28/h1-6,8,16,18-20,23,31-32H,7,9-14H2,(H,25,33)(H,26,34)(H,27,30,35)/t16-,18+,19-,20+,23-/m1/s1. The molecule has 2 amide bonds. The van der Waals surface area contributed by atoms with E-state index in [1.807, 2.05) is 35.3 Å². The first-order chi connectivity index (χ1) is 17.8. The molecule has 13 nitrogen and oxygen atoms in total. The maximum atomic E-state index is 13.1. The van der Waals surface area contributed by atoms with E-state index >= 15 is 0 Å². The van der Waals surface area contributed by atoms with E-state index in [4.69, 9.17) is 9.47 Å². The number of nitrogens with one attached hydrogen (secondary N) is 3. The van der Waals surface area contributed by atoms with Gasteiger partial charge in [0.25, 0.3) is 11.5 Å². The second-order valence-corrected chi connectivity index (χ2v) is 8.94. The summed E-state index contributed by atoms with van der Waals surface area (Å²) in [4.78, 5) is 53.8. The average molecular weight is 518 g/mol. The van der Waals surface area contributed by atoms with Crippen molar-refractivity contribution in [2.24, 2.45) is 0 Å². The lowest BCUT2D eigenvalue weighted by Crippen LogP contribution is -2.53. The van der Waals surface area contributed by atoms with Gasteiger partial charge in [-0.05, 0) is 5.56 Å². The van der Waals surface area contributed by atoms with Gasteiger partial charge in [-0.3, -0.25) is 28.8 Å². The summed E-state index contributed by atoms with van der Waals surface area (Å²) in [5, 5.41) is 26.4. The van der Waals surface area contributed by atoms with Crippen molar-refractivity contribution in [3.05, 3.63) is 69.0 Å². The predicted molar refractivity (Wildman–Crippen MR) is 130 cm³/mol. The highest BCUT2D eigenvalue weighted by Gasteiger charge is 2.48. The molecule has 5 atom stereocenters. The first-order valence-corrected chi connectivity index (χ1v) is 12.1. The molecule has 0 radical (unpaired) electrons. The van der Waals surface area contributed by atoms with E-state index in [9.17, 15) is 29.4 Å². The van der Waals surface area contributed by atoms with Gasteiger partial charge in [0, 0.05) is 44.9 Å². The topological polar surface area (TPSA) is 175 Å². The summed E-state index contributed by atoms with van der Waals surface area (Å²) < 4.78 is 11.7. The number of nitrogens with zero attached hydrogens (tertiary/aromatic N) is 2. The first kappa shape index (κ1) is 26.7. The molecular formula is C24H31N5O8. The number of aliphatic hydroxyl groups excluding tert-OH is 2. The molecule has 1 aromatic heterocycles. The lowest BCUT2D eigenvalue weighted by molar-refractivity contribution is -0.141. The Bertz CT molecular complexity index is 1180. The number of carbonyl (C=O) groups is 2. The summed E-state index contributed by atoms with van der Waals surface area (Å²) in [6.45, 7) is 3.84. The number of aliphatic hydroxyl groups is 2. The Balaban J connectivity index is 1.43. The van der Waals surface area contributed by atoms with E-state index in [0.717, 1.165) is 35.5 Å². The van der Waals surface area contributed by atoms with Gasteiger partial charge in [0.05, 0.1) is 13.2 Å². The van der Waals surface area contributed by atoms with Crippen LogP contribution in [0.4, 0.5) is 0 Å². The molecular weight excluding hydrogens is 486 g/mol. The molecule has 2 aliphatic heterocycles. The van der Waals surface area contributed by atoms with Gasteiger partial charge < -0.3 is 30.3 Å². The summed E-state index contributed by atoms with van der Waals surface area (Å²) in [6, 6.07) is 9.18. The normalized spacial score (nSPS) is 24.9. The van der Waals surface area contributed by atoms with Crippen LogP contribution in [0.3, 0.4) is 0 Å². The van der Waals surface area contributed by atoms with Crippen molar-refractivity contribution >= 4 is 11.8 Å². The van der Waals surface area contributed by atoms with Gasteiger partial charge in [-0.1, -0.05) is 30.3 Å². The van der Waals surface area contributed by atoms with E-state index in [0.29, 0.717) is 26.3 Å². The van der Waals surface area contributed by atoms with Crippen molar-refractivity contribution in [2.75, 3.05) is 39.4 Å².